The zero-order chi connectivity index (χ0) is 24.9. The van der Waals surface area contributed by atoms with E-state index in [4.69, 9.17) is 0 Å². The van der Waals surface area contributed by atoms with Gasteiger partial charge in [0.1, 0.15) is 11.4 Å². The molecule has 1 aromatic heterocycles. The van der Waals surface area contributed by atoms with Crippen LogP contribution in [0.3, 0.4) is 0 Å². The maximum absolute atomic E-state index is 2.67. The number of nitrogens with zero attached hydrogens (tertiary/aromatic N) is 3. The summed E-state index contributed by atoms with van der Waals surface area (Å²) in [4.78, 5) is 5.33. The van der Waals surface area contributed by atoms with E-state index in [-0.39, 0.29) is 11.6 Å². The quantitative estimate of drug-likeness (QED) is 0.270. The van der Waals surface area contributed by atoms with E-state index in [1.807, 2.05) is 0 Å². The Hall–Kier alpha value is -3.59. The molecule has 0 N–H and O–H groups in total. The van der Waals surface area contributed by atoms with Gasteiger partial charge in [-0.15, -0.1) is 0 Å². The van der Waals surface area contributed by atoms with Crippen LogP contribution in [0.4, 0.5) is 22.9 Å². The van der Waals surface area contributed by atoms with Gasteiger partial charge in [0.25, 0.3) is 0 Å². The zero-order valence-corrected chi connectivity index (χ0v) is 21.9. The van der Waals surface area contributed by atoms with Crippen LogP contribution >= 0.6 is 0 Å². The fraction of sp³-hybridized carbons (Fsp3) is 0.303. The standard InChI is InChI=1S/C33H36N3/c1-5-27-26-19-12-14-21-29(26)35-30-22-15-23-34(4)31(30)36(32(35)33(27,6-2)7-3)28-20-13-11-18-25(28)24-16-9-8-10-17-24/h8-23,27,32H,5-7H2,1-4H3/q+1. The van der Waals surface area contributed by atoms with Crippen molar-refractivity contribution in [1.29, 1.82) is 0 Å². The van der Waals surface area contributed by atoms with Crippen LogP contribution in [0.2, 0.25) is 0 Å². The molecule has 0 spiro atoms. The monoisotopic (exact) mass is 474 g/mol. The molecule has 2 atom stereocenters. The minimum Gasteiger partial charge on any atom is -0.294 e. The molecule has 3 heterocycles. The summed E-state index contributed by atoms with van der Waals surface area (Å²) in [5.41, 5.74) is 8.06. The lowest BCUT2D eigenvalue weighted by Crippen LogP contribution is -2.57. The van der Waals surface area contributed by atoms with E-state index in [1.165, 1.54) is 39.6 Å². The lowest BCUT2D eigenvalue weighted by molar-refractivity contribution is -0.657. The highest BCUT2D eigenvalue weighted by Gasteiger charge is 2.61. The molecule has 3 nitrogen and oxygen atoms in total. The SMILES string of the molecule is CCC1c2ccccc2N2c3ccc[n+](C)c3N(c3ccccc3-c3ccccc3)C2C1(CC)CC. The molecule has 4 aromatic rings. The number of rotatable bonds is 5. The number of para-hydroxylation sites is 2. The molecule has 182 valence electrons. The van der Waals surface area contributed by atoms with Gasteiger partial charge in [0.15, 0.2) is 6.17 Å². The summed E-state index contributed by atoms with van der Waals surface area (Å²) in [7, 11) is 2.19. The molecule has 0 amide bonds. The molecule has 3 aromatic carbocycles. The first-order valence-electron chi connectivity index (χ1n) is 13.5. The van der Waals surface area contributed by atoms with Gasteiger partial charge in [-0.2, -0.15) is 0 Å². The number of aromatic nitrogens is 1. The van der Waals surface area contributed by atoms with E-state index >= 15 is 0 Å². The summed E-state index contributed by atoms with van der Waals surface area (Å²) in [5.74, 6) is 1.76. The van der Waals surface area contributed by atoms with Crippen molar-refractivity contribution in [1.82, 2.24) is 0 Å². The minimum atomic E-state index is 0.0962. The molecule has 0 saturated carbocycles. The van der Waals surface area contributed by atoms with Crippen molar-refractivity contribution in [3.8, 4) is 11.1 Å². The number of pyridine rings is 1. The van der Waals surface area contributed by atoms with Gasteiger partial charge >= 0.3 is 5.82 Å². The van der Waals surface area contributed by atoms with Crippen molar-refractivity contribution in [2.45, 2.75) is 52.1 Å². The summed E-state index contributed by atoms with van der Waals surface area (Å²) in [6, 6.07) is 33.5. The molecular formula is C33H36N3+. The second kappa shape index (κ2) is 8.81. The van der Waals surface area contributed by atoms with Gasteiger partial charge < -0.3 is 0 Å². The summed E-state index contributed by atoms with van der Waals surface area (Å²) in [6.45, 7) is 7.19. The highest BCUT2D eigenvalue weighted by Crippen LogP contribution is 2.63. The van der Waals surface area contributed by atoms with Crippen molar-refractivity contribution in [3.63, 3.8) is 0 Å². The van der Waals surface area contributed by atoms with Gasteiger partial charge in [-0.05, 0) is 60.6 Å². The van der Waals surface area contributed by atoms with E-state index in [0.717, 1.165) is 19.3 Å². The van der Waals surface area contributed by atoms with Gasteiger partial charge in [-0.25, -0.2) is 9.47 Å². The van der Waals surface area contributed by atoms with Crippen molar-refractivity contribution >= 4 is 22.9 Å². The lowest BCUT2D eigenvalue weighted by Gasteiger charge is -2.52. The number of fused-ring (bicyclic) bond motifs is 5. The summed E-state index contributed by atoms with van der Waals surface area (Å²) in [5, 5.41) is 0. The molecule has 6 rings (SSSR count). The summed E-state index contributed by atoms with van der Waals surface area (Å²) in [6.07, 6.45) is 5.77. The minimum absolute atomic E-state index is 0.0962. The Morgan fingerprint density at radius 2 is 1.33 bits per heavy atom. The molecular weight excluding hydrogens is 438 g/mol. The third-order valence-corrected chi connectivity index (χ3v) is 8.86. The first-order valence-corrected chi connectivity index (χ1v) is 13.5. The number of hydrogen-bond acceptors (Lipinski definition) is 2. The fourth-order valence-electron chi connectivity index (χ4n) is 7.23. The maximum atomic E-state index is 2.67. The predicted molar refractivity (Wildman–Crippen MR) is 150 cm³/mol. The van der Waals surface area contributed by atoms with Crippen LogP contribution in [0, 0.1) is 5.41 Å². The Labute approximate surface area is 215 Å². The third kappa shape index (κ3) is 3.08. The normalized spacial score (nSPS) is 19.6. The Morgan fingerprint density at radius 3 is 2.06 bits per heavy atom. The molecule has 0 radical (unpaired) electrons. The molecule has 2 aliphatic heterocycles. The van der Waals surface area contributed by atoms with Crippen molar-refractivity contribution < 1.29 is 4.57 Å². The molecule has 3 heteroatoms. The number of anilines is 4. The fourth-order valence-corrected chi connectivity index (χ4v) is 7.23. The van der Waals surface area contributed by atoms with E-state index in [2.05, 4.69) is 139 Å². The Bertz CT molecular complexity index is 1390. The topological polar surface area (TPSA) is 10.4 Å². The van der Waals surface area contributed by atoms with Crippen molar-refractivity contribution in [2.75, 3.05) is 9.80 Å². The largest absolute Gasteiger partial charge is 0.307 e. The van der Waals surface area contributed by atoms with E-state index in [1.54, 1.807) is 0 Å². The molecule has 36 heavy (non-hydrogen) atoms. The second-order valence-corrected chi connectivity index (χ2v) is 10.3. The van der Waals surface area contributed by atoms with Gasteiger partial charge in [-0.3, -0.25) is 4.90 Å². The van der Waals surface area contributed by atoms with E-state index < -0.39 is 0 Å². The molecule has 0 saturated heterocycles. The zero-order valence-electron chi connectivity index (χ0n) is 21.9. The average molecular weight is 475 g/mol. The first kappa shape index (κ1) is 22.8. The van der Waals surface area contributed by atoms with Crippen LogP contribution in [-0.4, -0.2) is 6.17 Å². The molecule has 2 aliphatic rings. The van der Waals surface area contributed by atoms with Crippen molar-refractivity contribution in [2.24, 2.45) is 12.5 Å². The van der Waals surface area contributed by atoms with Gasteiger partial charge in [0, 0.05) is 16.7 Å². The molecule has 0 fully saturated rings. The lowest BCUT2D eigenvalue weighted by atomic mass is 9.62. The van der Waals surface area contributed by atoms with Crippen molar-refractivity contribution in [3.05, 3.63) is 103 Å². The van der Waals surface area contributed by atoms with Crippen LogP contribution in [0.25, 0.3) is 11.1 Å². The van der Waals surface area contributed by atoms with E-state index in [9.17, 15) is 0 Å². The molecule has 2 unspecified atom stereocenters. The number of benzene rings is 3. The Balaban J connectivity index is 1.69. The van der Waals surface area contributed by atoms with Crippen LogP contribution in [0.5, 0.6) is 0 Å². The van der Waals surface area contributed by atoms with Gasteiger partial charge in [-0.1, -0.05) is 87.5 Å². The van der Waals surface area contributed by atoms with Crippen LogP contribution in [0.1, 0.15) is 51.5 Å². The second-order valence-electron chi connectivity index (χ2n) is 10.3. The van der Waals surface area contributed by atoms with Gasteiger partial charge in [0.2, 0.25) is 0 Å². The molecule has 0 bridgehead atoms. The highest BCUT2D eigenvalue weighted by atomic mass is 15.5. The smallest absolute Gasteiger partial charge is 0.294 e. The average Bonchev–Trinajstić information content (AvgIpc) is 3.30. The highest BCUT2D eigenvalue weighted by molar-refractivity contribution is 5.91. The maximum Gasteiger partial charge on any atom is 0.307 e. The van der Waals surface area contributed by atoms with Crippen LogP contribution < -0.4 is 14.4 Å². The summed E-state index contributed by atoms with van der Waals surface area (Å²) >= 11 is 0. The number of aryl methyl sites for hydroxylation is 1. The Kier molecular flexibility index (Phi) is 5.59. The third-order valence-electron chi connectivity index (χ3n) is 8.86. The first-order chi connectivity index (χ1) is 17.7. The van der Waals surface area contributed by atoms with E-state index in [0.29, 0.717) is 5.92 Å². The molecule has 0 aliphatic carbocycles. The predicted octanol–water partition coefficient (Wildman–Crippen LogP) is 8.11. The van der Waals surface area contributed by atoms with Crippen LogP contribution in [-0.2, 0) is 7.05 Å². The summed E-state index contributed by atoms with van der Waals surface area (Å²) < 4.78 is 2.31. The Morgan fingerprint density at radius 1 is 0.694 bits per heavy atom. The number of hydrogen-bond donors (Lipinski definition) is 0. The van der Waals surface area contributed by atoms with Gasteiger partial charge in [0.05, 0.1) is 13.2 Å². The van der Waals surface area contributed by atoms with Crippen LogP contribution in [0.15, 0.2) is 97.2 Å².